The molecule has 162 valence electrons. The Kier molecular flexibility index (Phi) is 8.49. The van der Waals surface area contributed by atoms with Gasteiger partial charge in [-0.3, -0.25) is 14.4 Å². The number of carbonyl (C=O) groups excluding carboxylic acids is 3. The Bertz CT molecular complexity index is 998. The molecule has 0 atom stereocenters. The first-order valence-corrected chi connectivity index (χ1v) is 12.2. The Balaban J connectivity index is 1.71. The first kappa shape index (κ1) is 23.0. The van der Waals surface area contributed by atoms with Gasteiger partial charge in [0.25, 0.3) is 5.91 Å². The minimum absolute atomic E-state index is 0.000174. The van der Waals surface area contributed by atoms with Gasteiger partial charge in [0.1, 0.15) is 6.54 Å². The van der Waals surface area contributed by atoms with Crippen molar-refractivity contribution in [2.24, 2.45) is 4.99 Å². The standard InChI is InChI=1S/C19H22BrN3O5S2/c1-2-28-18(26)10-23-14-4-3-13(20)9-15(14)30-19(23)21-16(24)11-29-12-17(25)22-5-7-27-8-6-22/h3-4,9H,2,5-8,10-12H2,1H3. The van der Waals surface area contributed by atoms with Crippen LogP contribution in [0.25, 0.3) is 10.2 Å². The van der Waals surface area contributed by atoms with Gasteiger partial charge in [-0.2, -0.15) is 4.99 Å². The fourth-order valence-corrected chi connectivity index (χ4v) is 5.19. The van der Waals surface area contributed by atoms with Crippen molar-refractivity contribution in [1.82, 2.24) is 9.47 Å². The Morgan fingerprint density at radius 3 is 2.77 bits per heavy atom. The maximum atomic E-state index is 12.4. The molecule has 0 aliphatic carbocycles. The summed E-state index contributed by atoms with van der Waals surface area (Å²) in [6.07, 6.45) is 0. The van der Waals surface area contributed by atoms with E-state index in [0.717, 1.165) is 14.7 Å². The minimum atomic E-state index is -0.389. The summed E-state index contributed by atoms with van der Waals surface area (Å²) in [6.45, 7) is 4.28. The van der Waals surface area contributed by atoms with Crippen molar-refractivity contribution in [3.63, 3.8) is 0 Å². The molecule has 1 saturated heterocycles. The number of carbonyl (C=O) groups is 3. The lowest BCUT2D eigenvalue weighted by molar-refractivity contribution is -0.143. The van der Waals surface area contributed by atoms with Crippen LogP contribution >= 0.6 is 39.0 Å². The number of esters is 1. The van der Waals surface area contributed by atoms with Gasteiger partial charge >= 0.3 is 5.97 Å². The summed E-state index contributed by atoms with van der Waals surface area (Å²) in [4.78, 5) is 43.0. The highest BCUT2D eigenvalue weighted by atomic mass is 79.9. The number of amides is 2. The molecule has 2 heterocycles. The molecule has 1 aromatic heterocycles. The first-order chi connectivity index (χ1) is 14.5. The van der Waals surface area contributed by atoms with E-state index in [1.165, 1.54) is 23.1 Å². The molecular weight excluding hydrogens is 494 g/mol. The minimum Gasteiger partial charge on any atom is -0.465 e. The average molecular weight is 516 g/mol. The van der Waals surface area contributed by atoms with Crippen LogP contribution in [0.2, 0.25) is 0 Å². The van der Waals surface area contributed by atoms with Crippen molar-refractivity contribution in [2.45, 2.75) is 13.5 Å². The van der Waals surface area contributed by atoms with Gasteiger partial charge in [-0.1, -0.05) is 27.3 Å². The molecular formula is C19H22BrN3O5S2. The smallest absolute Gasteiger partial charge is 0.326 e. The van der Waals surface area contributed by atoms with Crippen molar-refractivity contribution in [2.75, 3.05) is 44.4 Å². The van der Waals surface area contributed by atoms with Gasteiger partial charge in [-0.05, 0) is 25.1 Å². The molecule has 0 bridgehead atoms. The summed E-state index contributed by atoms with van der Waals surface area (Å²) in [6, 6.07) is 5.66. The van der Waals surface area contributed by atoms with Gasteiger partial charge in [0, 0.05) is 17.6 Å². The number of hydrogen-bond acceptors (Lipinski definition) is 7. The second-order valence-corrected chi connectivity index (χ2v) is 9.29. The zero-order chi connectivity index (χ0) is 21.5. The lowest BCUT2D eigenvalue weighted by Gasteiger charge is -2.26. The van der Waals surface area contributed by atoms with Crippen molar-refractivity contribution in [3.05, 3.63) is 27.5 Å². The van der Waals surface area contributed by atoms with E-state index in [0.29, 0.717) is 31.1 Å². The van der Waals surface area contributed by atoms with Crippen molar-refractivity contribution in [1.29, 1.82) is 0 Å². The summed E-state index contributed by atoms with van der Waals surface area (Å²) in [5.74, 6) is -0.422. The third kappa shape index (κ3) is 6.16. The van der Waals surface area contributed by atoms with Crippen LogP contribution in [0.1, 0.15) is 6.92 Å². The second-order valence-electron chi connectivity index (χ2n) is 6.38. The number of ether oxygens (including phenoxy) is 2. The maximum absolute atomic E-state index is 12.4. The van der Waals surface area contributed by atoms with Crippen molar-refractivity contribution >= 4 is 67.0 Å². The number of thioether (sulfide) groups is 1. The maximum Gasteiger partial charge on any atom is 0.326 e. The number of morpholine rings is 1. The first-order valence-electron chi connectivity index (χ1n) is 9.43. The summed E-state index contributed by atoms with van der Waals surface area (Å²) >= 11 is 6.00. The predicted molar refractivity (Wildman–Crippen MR) is 119 cm³/mol. The number of hydrogen-bond donors (Lipinski definition) is 0. The second kappa shape index (κ2) is 11.1. The molecule has 1 aromatic carbocycles. The molecule has 3 rings (SSSR count). The molecule has 30 heavy (non-hydrogen) atoms. The highest BCUT2D eigenvalue weighted by molar-refractivity contribution is 9.10. The van der Waals surface area contributed by atoms with Crippen LogP contribution in [-0.2, 0) is 30.4 Å². The van der Waals surface area contributed by atoms with E-state index < -0.39 is 0 Å². The van der Waals surface area contributed by atoms with Crippen LogP contribution in [0.4, 0.5) is 0 Å². The van der Waals surface area contributed by atoms with E-state index in [9.17, 15) is 14.4 Å². The zero-order valence-corrected chi connectivity index (χ0v) is 19.7. The number of rotatable bonds is 7. The summed E-state index contributed by atoms with van der Waals surface area (Å²) in [5, 5.41) is 0. The monoisotopic (exact) mass is 515 g/mol. The Morgan fingerprint density at radius 1 is 1.27 bits per heavy atom. The summed E-state index contributed by atoms with van der Waals surface area (Å²) in [5.41, 5.74) is 0.804. The van der Waals surface area contributed by atoms with Gasteiger partial charge in [0.05, 0.1) is 41.5 Å². The van der Waals surface area contributed by atoms with Crippen molar-refractivity contribution < 1.29 is 23.9 Å². The van der Waals surface area contributed by atoms with E-state index >= 15 is 0 Å². The van der Waals surface area contributed by atoms with E-state index in [-0.39, 0.29) is 42.4 Å². The summed E-state index contributed by atoms with van der Waals surface area (Å²) in [7, 11) is 0. The fraction of sp³-hybridized carbons (Fsp3) is 0.474. The molecule has 11 heteroatoms. The van der Waals surface area contributed by atoms with E-state index in [4.69, 9.17) is 9.47 Å². The predicted octanol–water partition coefficient (Wildman–Crippen LogP) is 2.05. The number of fused-ring (bicyclic) bond motifs is 1. The molecule has 2 aromatic rings. The molecule has 0 radical (unpaired) electrons. The Morgan fingerprint density at radius 2 is 2.03 bits per heavy atom. The van der Waals surface area contributed by atoms with Crippen LogP contribution in [-0.4, -0.2) is 71.7 Å². The molecule has 0 unspecified atom stereocenters. The SMILES string of the molecule is CCOC(=O)Cn1c(=NC(=O)CSCC(=O)N2CCOCC2)sc2cc(Br)ccc21. The molecule has 0 spiro atoms. The van der Waals surface area contributed by atoms with Crippen LogP contribution < -0.4 is 4.80 Å². The van der Waals surface area contributed by atoms with Gasteiger partial charge in [0.15, 0.2) is 4.80 Å². The normalized spacial score (nSPS) is 14.9. The average Bonchev–Trinajstić information content (AvgIpc) is 3.04. The van der Waals surface area contributed by atoms with Gasteiger partial charge in [0.2, 0.25) is 5.91 Å². The zero-order valence-electron chi connectivity index (χ0n) is 16.5. The van der Waals surface area contributed by atoms with Crippen molar-refractivity contribution in [3.8, 4) is 0 Å². The topological polar surface area (TPSA) is 90.2 Å². The van der Waals surface area contributed by atoms with Gasteiger partial charge in [-0.15, -0.1) is 11.8 Å². The Labute approximate surface area is 190 Å². The van der Waals surface area contributed by atoms with Crippen LogP contribution in [0.15, 0.2) is 27.7 Å². The van der Waals surface area contributed by atoms with E-state index in [1.807, 2.05) is 18.2 Å². The molecule has 1 aliphatic rings. The molecule has 8 nitrogen and oxygen atoms in total. The van der Waals surface area contributed by atoms with Crippen LogP contribution in [0, 0.1) is 0 Å². The van der Waals surface area contributed by atoms with Crippen LogP contribution in [0.5, 0.6) is 0 Å². The number of halogens is 1. The highest BCUT2D eigenvalue weighted by Gasteiger charge is 2.17. The Hall–Kier alpha value is -1.69. The lowest BCUT2D eigenvalue weighted by atomic mass is 10.3. The number of aromatic nitrogens is 1. The molecule has 1 aliphatic heterocycles. The lowest BCUT2D eigenvalue weighted by Crippen LogP contribution is -2.41. The third-order valence-electron chi connectivity index (χ3n) is 4.27. The molecule has 2 amide bonds. The number of benzene rings is 1. The van der Waals surface area contributed by atoms with Gasteiger partial charge in [-0.25, -0.2) is 0 Å². The number of nitrogens with zero attached hydrogens (tertiary/aromatic N) is 3. The van der Waals surface area contributed by atoms with Gasteiger partial charge < -0.3 is 18.9 Å². The fourth-order valence-electron chi connectivity index (χ4n) is 2.89. The number of thiazole rings is 1. The van der Waals surface area contributed by atoms with Crippen LogP contribution in [0.3, 0.4) is 0 Å². The molecule has 0 N–H and O–H groups in total. The highest BCUT2D eigenvalue weighted by Crippen LogP contribution is 2.22. The molecule has 0 saturated carbocycles. The van der Waals surface area contributed by atoms with E-state index in [1.54, 1.807) is 16.4 Å². The summed E-state index contributed by atoms with van der Waals surface area (Å²) < 4.78 is 13.8. The van der Waals surface area contributed by atoms with E-state index in [2.05, 4.69) is 20.9 Å². The third-order valence-corrected chi connectivity index (χ3v) is 6.71. The molecule has 1 fully saturated rings. The quantitative estimate of drug-likeness (QED) is 0.524. The largest absolute Gasteiger partial charge is 0.465 e.